The van der Waals surface area contributed by atoms with Gasteiger partial charge in [0.15, 0.2) is 0 Å². The second kappa shape index (κ2) is 5.62. The minimum Gasteiger partial charge on any atom is -0.359 e. The highest BCUT2D eigenvalue weighted by Crippen LogP contribution is 2.31. The summed E-state index contributed by atoms with van der Waals surface area (Å²) in [5, 5.41) is 2.97. The number of anilines is 2. The smallest absolute Gasteiger partial charge is 0.243 e. The Hall–Kier alpha value is -2.47. The molecule has 6 heteroatoms. The second-order valence-corrected chi connectivity index (χ2v) is 6.32. The van der Waals surface area contributed by atoms with Crippen LogP contribution in [0.5, 0.6) is 0 Å². The normalized spacial score (nSPS) is 16.6. The summed E-state index contributed by atoms with van der Waals surface area (Å²) in [6.45, 7) is 2.49. The van der Waals surface area contributed by atoms with Crippen molar-refractivity contribution >= 4 is 40.0 Å². The maximum absolute atomic E-state index is 12.5. The van der Waals surface area contributed by atoms with E-state index in [1.165, 1.54) is 5.56 Å². The molecule has 116 valence electrons. The van der Waals surface area contributed by atoms with E-state index in [2.05, 4.69) is 38.0 Å². The number of amides is 1. The van der Waals surface area contributed by atoms with Gasteiger partial charge in [-0.25, -0.2) is 0 Å². The van der Waals surface area contributed by atoms with Gasteiger partial charge in [0.2, 0.25) is 5.91 Å². The van der Waals surface area contributed by atoms with Crippen molar-refractivity contribution in [3.63, 3.8) is 0 Å². The lowest BCUT2D eigenvalue weighted by Gasteiger charge is -2.24. The van der Waals surface area contributed by atoms with Crippen LogP contribution in [0, 0.1) is 0 Å². The fraction of sp³-hybridized carbons (Fsp3) is 0.235. The monoisotopic (exact) mass is 324 g/mol. The number of aromatic nitrogens is 2. The molecule has 3 aromatic rings. The number of nitrogens with one attached hydrogen (secondary N) is 1. The van der Waals surface area contributed by atoms with Crippen LogP contribution in [0.2, 0.25) is 0 Å². The Morgan fingerprint density at radius 3 is 3.04 bits per heavy atom. The van der Waals surface area contributed by atoms with Crippen molar-refractivity contribution in [3.8, 4) is 0 Å². The summed E-state index contributed by atoms with van der Waals surface area (Å²) in [4.78, 5) is 14.6. The molecule has 5 nitrogen and oxygen atoms in total. The highest BCUT2D eigenvalue weighted by atomic mass is 32.1. The van der Waals surface area contributed by atoms with Crippen molar-refractivity contribution in [1.82, 2.24) is 8.75 Å². The molecule has 0 spiro atoms. The molecule has 1 aromatic heterocycles. The molecule has 0 unspecified atom stereocenters. The Labute approximate surface area is 138 Å². The summed E-state index contributed by atoms with van der Waals surface area (Å²) >= 11 is 1.16. The third-order valence-electron chi connectivity index (χ3n) is 4.22. The van der Waals surface area contributed by atoms with Crippen LogP contribution in [0.25, 0.3) is 11.0 Å². The number of benzene rings is 2. The number of hydrogen-bond donors (Lipinski definition) is 1. The Kier molecular flexibility index (Phi) is 3.46. The van der Waals surface area contributed by atoms with Crippen LogP contribution in [0.3, 0.4) is 0 Å². The zero-order valence-electron chi connectivity index (χ0n) is 12.7. The Bertz CT molecular complexity index is 876. The molecular weight excluding hydrogens is 308 g/mol. The molecule has 1 aliphatic rings. The van der Waals surface area contributed by atoms with E-state index in [0.717, 1.165) is 40.6 Å². The first-order valence-electron chi connectivity index (χ1n) is 7.58. The van der Waals surface area contributed by atoms with Crippen molar-refractivity contribution in [2.24, 2.45) is 0 Å². The average molecular weight is 324 g/mol. The number of carbonyl (C=O) groups is 1. The van der Waals surface area contributed by atoms with Crippen LogP contribution in [0.1, 0.15) is 12.5 Å². The Balaban J connectivity index is 1.54. The predicted octanol–water partition coefficient (Wildman–Crippen LogP) is 3.08. The molecule has 1 aliphatic heterocycles. The lowest BCUT2D eigenvalue weighted by Crippen LogP contribution is -2.37. The summed E-state index contributed by atoms with van der Waals surface area (Å²) in [5.41, 5.74) is 4.75. The van der Waals surface area contributed by atoms with Crippen molar-refractivity contribution in [2.45, 2.75) is 19.4 Å². The predicted molar refractivity (Wildman–Crippen MR) is 93.0 cm³/mol. The highest BCUT2D eigenvalue weighted by molar-refractivity contribution is 7.00. The van der Waals surface area contributed by atoms with Gasteiger partial charge < -0.3 is 10.2 Å². The molecule has 0 saturated heterocycles. The number of hydrogen-bond acceptors (Lipinski definition) is 5. The first-order valence-corrected chi connectivity index (χ1v) is 8.31. The first-order chi connectivity index (χ1) is 11.2. The molecule has 0 saturated carbocycles. The molecule has 23 heavy (non-hydrogen) atoms. The van der Waals surface area contributed by atoms with E-state index < -0.39 is 0 Å². The van der Waals surface area contributed by atoms with Gasteiger partial charge >= 0.3 is 0 Å². The van der Waals surface area contributed by atoms with Crippen molar-refractivity contribution in [2.75, 3.05) is 16.8 Å². The lowest BCUT2D eigenvalue weighted by molar-refractivity contribution is -0.115. The topological polar surface area (TPSA) is 58.1 Å². The summed E-state index contributed by atoms with van der Waals surface area (Å²) in [7, 11) is 0. The largest absolute Gasteiger partial charge is 0.359 e. The van der Waals surface area contributed by atoms with E-state index in [1.54, 1.807) is 0 Å². The summed E-state index contributed by atoms with van der Waals surface area (Å²) in [6, 6.07) is 14.2. The standard InChI is InChI=1S/C17H16N4OS/c1-11-9-12-5-2-3-8-15(12)21(11)10-16(22)18-13-6-4-7-14-17(13)20-23-19-14/h2-8,11H,9-10H2,1H3,(H,18,22)/t11-/m1/s1. The molecule has 0 fully saturated rings. The molecule has 1 N–H and O–H groups in total. The molecule has 2 heterocycles. The zero-order chi connectivity index (χ0) is 15.8. The average Bonchev–Trinajstić information content (AvgIpc) is 3.13. The van der Waals surface area contributed by atoms with Crippen LogP contribution in [0.15, 0.2) is 42.5 Å². The summed E-state index contributed by atoms with van der Waals surface area (Å²) in [6.07, 6.45) is 0.981. The fourth-order valence-corrected chi connectivity index (χ4v) is 3.67. The van der Waals surface area contributed by atoms with Gasteiger partial charge in [0.05, 0.1) is 24.0 Å². The molecule has 0 bridgehead atoms. The minimum atomic E-state index is -0.0333. The van der Waals surface area contributed by atoms with E-state index in [-0.39, 0.29) is 5.91 Å². The van der Waals surface area contributed by atoms with Crippen molar-refractivity contribution < 1.29 is 4.79 Å². The number of nitrogens with zero attached hydrogens (tertiary/aromatic N) is 3. The van der Waals surface area contributed by atoms with Crippen molar-refractivity contribution in [3.05, 3.63) is 48.0 Å². The molecule has 0 aliphatic carbocycles. The van der Waals surface area contributed by atoms with Crippen LogP contribution in [-0.2, 0) is 11.2 Å². The zero-order valence-corrected chi connectivity index (χ0v) is 13.5. The van der Waals surface area contributed by atoms with Gasteiger partial charge in [0, 0.05) is 11.7 Å². The number of para-hydroxylation sites is 1. The van der Waals surface area contributed by atoms with E-state index in [0.29, 0.717) is 12.6 Å². The van der Waals surface area contributed by atoms with E-state index >= 15 is 0 Å². The maximum atomic E-state index is 12.5. The van der Waals surface area contributed by atoms with Gasteiger partial charge in [-0.2, -0.15) is 8.75 Å². The third kappa shape index (κ3) is 2.55. The van der Waals surface area contributed by atoms with E-state index in [4.69, 9.17) is 0 Å². The van der Waals surface area contributed by atoms with Gasteiger partial charge in [0.25, 0.3) is 0 Å². The van der Waals surface area contributed by atoms with Gasteiger partial charge in [-0.3, -0.25) is 4.79 Å². The van der Waals surface area contributed by atoms with Crippen molar-refractivity contribution in [1.29, 1.82) is 0 Å². The Morgan fingerprint density at radius 2 is 2.13 bits per heavy atom. The van der Waals surface area contributed by atoms with Gasteiger partial charge in [0.1, 0.15) is 11.0 Å². The quantitative estimate of drug-likeness (QED) is 0.804. The van der Waals surface area contributed by atoms with Gasteiger partial charge in [-0.05, 0) is 37.1 Å². The van der Waals surface area contributed by atoms with Gasteiger partial charge in [-0.1, -0.05) is 24.3 Å². The SMILES string of the molecule is C[C@@H]1Cc2ccccc2N1CC(=O)Nc1cccc2nsnc12. The molecule has 2 aromatic carbocycles. The molecular formula is C17H16N4OS. The summed E-state index contributed by atoms with van der Waals surface area (Å²) < 4.78 is 8.46. The van der Waals surface area contributed by atoms with Crippen LogP contribution in [0.4, 0.5) is 11.4 Å². The first kappa shape index (κ1) is 14.1. The lowest BCUT2D eigenvalue weighted by atomic mass is 10.1. The van der Waals surface area contributed by atoms with Crippen LogP contribution >= 0.6 is 11.7 Å². The van der Waals surface area contributed by atoms with E-state index in [1.807, 2.05) is 30.3 Å². The highest BCUT2D eigenvalue weighted by Gasteiger charge is 2.27. The maximum Gasteiger partial charge on any atom is 0.243 e. The second-order valence-electron chi connectivity index (χ2n) is 5.80. The molecule has 4 rings (SSSR count). The summed E-state index contributed by atoms with van der Waals surface area (Å²) in [5.74, 6) is -0.0333. The van der Waals surface area contributed by atoms with Crippen LogP contribution < -0.4 is 10.2 Å². The van der Waals surface area contributed by atoms with Gasteiger partial charge in [-0.15, -0.1) is 0 Å². The molecule has 0 radical (unpaired) electrons. The van der Waals surface area contributed by atoms with E-state index in [9.17, 15) is 4.79 Å². The third-order valence-corrected chi connectivity index (χ3v) is 4.77. The molecule has 1 atom stereocenters. The van der Waals surface area contributed by atoms with Crippen LogP contribution in [-0.4, -0.2) is 27.2 Å². The number of rotatable bonds is 3. The number of carbonyl (C=O) groups excluding carboxylic acids is 1. The Morgan fingerprint density at radius 1 is 1.26 bits per heavy atom. The number of fused-ring (bicyclic) bond motifs is 2. The molecule has 1 amide bonds. The fourth-order valence-electron chi connectivity index (χ4n) is 3.12. The minimum absolute atomic E-state index is 0.0333.